The van der Waals surface area contributed by atoms with E-state index < -0.39 is 0 Å². The Morgan fingerprint density at radius 3 is 2.58 bits per heavy atom. The minimum atomic E-state index is -0.360. The van der Waals surface area contributed by atoms with Gasteiger partial charge in [-0.05, 0) is 24.6 Å². The van der Waals surface area contributed by atoms with Crippen molar-refractivity contribution < 1.29 is 5.11 Å². The van der Waals surface area contributed by atoms with E-state index in [2.05, 4.69) is 79.1 Å². The normalized spacial score (nSPS) is 26.7. The number of para-hydroxylation sites is 1. The average molecular weight is 376 g/mol. The molecule has 0 aliphatic carbocycles. The minimum absolute atomic E-state index is 0.110. The number of aliphatic hydroxyl groups is 1. The van der Waals surface area contributed by atoms with Gasteiger partial charge in [0.15, 0.2) is 0 Å². The second-order valence-corrected chi connectivity index (χ2v) is 9.66. The van der Waals surface area contributed by atoms with Gasteiger partial charge in [-0.25, -0.2) is 0 Å². The largest absolute Gasteiger partial charge is 0.390 e. The van der Waals surface area contributed by atoms with E-state index in [9.17, 15) is 5.11 Å². The molecule has 1 N–H and O–H groups in total. The first-order chi connectivity index (χ1) is 12.3. The molecular formula is C21H33N3OS. The highest BCUT2D eigenvalue weighted by atomic mass is 32.2. The number of hydrogen-bond donors (Lipinski definition) is 1. The summed E-state index contributed by atoms with van der Waals surface area (Å²) in [5.74, 6) is 0. The lowest BCUT2D eigenvalue weighted by Gasteiger charge is -2.36. The Morgan fingerprint density at radius 2 is 1.85 bits per heavy atom. The van der Waals surface area contributed by atoms with Gasteiger partial charge in [0, 0.05) is 55.6 Å². The van der Waals surface area contributed by atoms with E-state index in [1.54, 1.807) is 0 Å². The number of allylic oxidation sites excluding steroid dienone is 1. The van der Waals surface area contributed by atoms with Crippen molar-refractivity contribution in [2.75, 3.05) is 51.2 Å². The molecule has 4 nitrogen and oxygen atoms in total. The summed E-state index contributed by atoms with van der Waals surface area (Å²) in [4.78, 5) is 8.26. The Labute approximate surface area is 162 Å². The van der Waals surface area contributed by atoms with Gasteiger partial charge in [0.2, 0.25) is 0 Å². The Bertz CT molecular complexity index is 625. The second kappa shape index (κ2) is 8.34. The molecule has 2 aliphatic heterocycles. The van der Waals surface area contributed by atoms with E-state index in [4.69, 9.17) is 0 Å². The molecule has 0 radical (unpaired) electrons. The van der Waals surface area contributed by atoms with Crippen molar-refractivity contribution >= 4 is 17.4 Å². The number of rotatable bonds is 4. The molecule has 1 fully saturated rings. The van der Waals surface area contributed by atoms with E-state index in [1.165, 1.54) is 10.6 Å². The molecular weight excluding hydrogens is 342 g/mol. The summed E-state index contributed by atoms with van der Waals surface area (Å²) in [5.41, 5.74) is 1.31. The van der Waals surface area contributed by atoms with Crippen LogP contribution in [0.2, 0.25) is 0 Å². The average Bonchev–Trinajstić information content (AvgIpc) is 2.60. The summed E-state index contributed by atoms with van der Waals surface area (Å²) >= 11 is 1.93. The van der Waals surface area contributed by atoms with Gasteiger partial charge < -0.3 is 14.9 Å². The standard InChI is InChI=1S/C21H33N3OS/c1-17-21(2,3)9-10-24(19-7-5-6-8-20(19)26-17)16-18(25)15-23-13-11-22(4)12-14-23/h5-10,17-18,25H,11-16H2,1-4H3/b10-9+/t17-,18?/m0/s1. The number of aliphatic hydroxyl groups excluding tert-OH is 1. The Kier molecular flexibility index (Phi) is 6.33. The van der Waals surface area contributed by atoms with Crippen LogP contribution in [0.4, 0.5) is 5.69 Å². The number of benzene rings is 1. The van der Waals surface area contributed by atoms with E-state index >= 15 is 0 Å². The van der Waals surface area contributed by atoms with Gasteiger partial charge in [-0.1, -0.05) is 39.0 Å². The predicted octanol–water partition coefficient (Wildman–Crippen LogP) is 3.14. The van der Waals surface area contributed by atoms with E-state index in [0.717, 1.165) is 32.7 Å². The van der Waals surface area contributed by atoms with Crippen molar-refractivity contribution in [3.8, 4) is 0 Å². The van der Waals surface area contributed by atoms with Crippen LogP contribution in [0.5, 0.6) is 0 Å². The zero-order valence-corrected chi connectivity index (χ0v) is 17.4. The predicted molar refractivity (Wildman–Crippen MR) is 112 cm³/mol. The monoisotopic (exact) mass is 375 g/mol. The van der Waals surface area contributed by atoms with E-state index in [-0.39, 0.29) is 11.5 Å². The molecule has 5 heteroatoms. The number of thioether (sulfide) groups is 1. The van der Waals surface area contributed by atoms with Crippen LogP contribution >= 0.6 is 11.8 Å². The lowest BCUT2D eigenvalue weighted by Crippen LogP contribution is -2.48. The maximum Gasteiger partial charge on any atom is 0.0845 e. The number of piperazine rings is 1. The van der Waals surface area contributed by atoms with Gasteiger partial charge in [0.25, 0.3) is 0 Å². The number of likely N-dealkylation sites (N-methyl/N-ethyl adjacent to an activating group) is 1. The Morgan fingerprint density at radius 1 is 1.15 bits per heavy atom. The fraction of sp³-hybridized carbons (Fsp3) is 0.619. The summed E-state index contributed by atoms with van der Waals surface area (Å²) in [6.45, 7) is 12.5. The molecule has 2 aliphatic rings. The third-order valence-electron chi connectivity index (χ3n) is 5.68. The first-order valence-electron chi connectivity index (χ1n) is 9.66. The van der Waals surface area contributed by atoms with Crippen LogP contribution in [-0.4, -0.2) is 72.6 Å². The van der Waals surface area contributed by atoms with Gasteiger partial charge in [-0.15, -0.1) is 11.8 Å². The smallest absolute Gasteiger partial charge is 0.0845 e. The Balaban J connectivity index is 1.72. The number of nitrogens with zero attached hydrogens (tertiary/aromatic N) is 3. The zero-order valence-electron chi connectivity index (χ0n) is 16.6. The molecule has 144 valence electrons. The second-order valence-electron chi connectivity index (χ2n) is 8.27. The van der Waals surface area contributed by atoms with Crippen molar-refractivity contribution in [1.82, 2.24) is 9.80 Å². The molecule has 0 aromatic heterocycles. The zero-order chi connectivity index (χ0) is 18.7. The fourth-order valence-corrected chi connectivity index (χ4v) is 4.63. The van der Waals surface area contributed by atoms with Crippen LogP contribution in [-0.2, 0) is 0 Å². The fourth-order valence-electron chi connectivity index (χ4n) is 3.41. The molecule has 2 atom stereocenters. The van der Waals surface area contributed by atoms with Gasteiger partial charge in [0.1, 0.15) is 0 Å². The van der Waals surface area contributed by atoms with Crippen LogP contribution in [0.15, 0.2) is 41.4 Å². The lowest BCUT2D eigenvalue weighted by atomic mass is 9.89. The summed E-state index contributed by atoms with van der Waals surface area (Å²) in [7, 11) is 2.16. The van der Waals surface area contributed by atoms with Crippen LogP contribution < -0.4 is 4.90 Å². The summed E-state index contributed by atoms with van der Waals surface area (Å²) in [5, 5.41) is 11.2. The molecule has 26 heavy (non-hydrogen) atoms. The van der Waals surface area contributed by atoms with Gasteiger partial charge in [0.05, 0.1) is 11.8 Å². The molecule has 0 amide bonds. The third kappa shape index (κ3) is 4.83. The number of anilines is 1. The summed E-state index contributed by atoms with van der Waals surface area (Å²) < 4.78 is 0. The molecule has 3 rings (SSSR count). The van der Waals surface area contributed by atoms with E-state index in [1.807, 2.05) is 11.8 Å². The molecule has 2 heterocycles. The van der Waals surface area contributed by atoms with Gasteiger partial charge >= 0.3 is 0 Å². The van der Waals surface area contributed by atoms with Gasteiger partial charge in [-0.3, -0.25) is 4.90 Å². The first-order valence-corrected chi connectivity index (χ1v) is 10.5. The highest BCUT2D eigenvalue weighted by molar-refractivity contribution is 8.00. The van der Waals surface area contributed by atoms with Gasteiger partial charge in [-0.2, -0.15) is 0 Å². The van der Waals surface area contributed by atoms with Crippen molar-refractivity contribution in [2.45, 2.75) is 37.0 Å². The van der Waals surface area contributed by atoms with Crippen molar-refractivity contribution in [3.05, 3.63) is 36.5 Å². The minimum Gasteiger partial charge on any atom is -0.390 e. The quantitative estimate of drug-likeness (QED) is 0.873. The molecule has 0 saturated carbocycles. The topological polar surface area (TPSA) is 30.0 Å². The number of hydrogen-bond acceptors (Lipinski definition) is 5. The number of β-amino-alcohol motifs (C(OH)–C–C–N with tert-alkyl or cyclic N) is 1. The molecule has 1 aromatic rings. The summed E-state index contributed by atoms with van der Waals surface area (Å²) in [6.07, 6.45) is 4.12. The van der Waals surface area contributed by atoms with Crippen LogP contribution in [0.3, 0.4) is 0 Å². The lowest BCUT2D eigenvalue weighted by molar-refractivity contribution is 0.0846. The van der Waals surface area contributed by atoms with Crippen LogP contribution in [0.25, 0.3) is 0 Å². The van der Waals surface area contributed by atoms with Crippen LogP contribution in [0.1, 0.15) is 20.8 Å². The first kappa shape index (κ1) is 19.7. The third-order valence-corrected chi connectivity index (χ3v) is 7.24. The maximum atomic E-state index is 10.8. The molecule has 0 spiro atoms. The number of fused-ring (bicyclic) bond motifs is 1. The van der Waals surface area contributed by atoms with Crippen LogP contribution in [0, 0.1) is 5.41 Å². The van der Waals surface area contributed by atoms with E-state index in [0.29, 0.717) is 11.8 Å². The maximum absolute atomic E-state index is 10.8. The van der Waals surface area contributed by atoms with Crippen molar-refractivity contribution in [1.29, 1.82) is 0 Å². The van der Waals surface area contributed by atoms with Crippen molar-refractivity contribution in [3.63, 3.8) is 0 Å². The molecule has 0 bridgehead atoms. The SMILES string of the molecule is C[C@@H]1Sc2ccccc2N(CC(O)CN2CCN(C)CC2)/C=C/C1(C)C. The van der Waals surface area contributed by atoms with Crippen molar-refractivity contribution in [2.24, 2.45) is 5.41 Å². The highest BCUT2D eigenvalue weighted by Gasteiger charge is 2.28. The molecule has 1 saturated heterocycles. The highest BCUT2D eigenvalue weighted by Crippen LogP contribution is 2.42. The molecule has 1 unspecified atom stereocenters. The molecule has 1 aromatic carbocycles. The Hall–Kier alpha value is -1.01. The summed E-state index contributed by atoms with van der Waals surface area (Å²) in [6, 6.07) is 8.56.